The monoisotopic (exact) mass is 216 g/mol. The molecule has 15 heavy (non-hydrogen) atoms. The molecule has 0 bridgehead atoms. The summed E-state index contributed by atoms with van der Waals surface area (Å²) in [6.45, 7) is 3.41. The Hall–Kier alpha value is -1.14. The quantitative estimate of drug-likeness (QED) is 0.550. The number of hydrogen-bond acceptors (Lipinski definition) is 4. The van der Waals surface area contributed by atoms with Gasteiger partial charge in [0, 0.05) is 19.6 Å². The summed E-state index contributed by atoms with van der Waals surface area (Å²) in [5, 5.41) is 14.2. The number of hydrogen-bond donors (Lipinski definition) is 3. The fraction of sp³-hybridized carbons (Fsp3) is 0.778. The van der Waals surface area contributed by atoms with Crippen molar-refractivity contribution in [2.75, 3.05) is 26.2 Å². The lowest BCUT2D eigenvalue weighted by atomic mass is 10.2. The molecule has 1 aliphatic heterocycles. The van der Waals surface area contributed by atoms with E-state index in [0.29, 0.717) is 13.2 Å². The lowest BCUT2D eigenvalue weighted by Crippen LogP contribution is -2.48. The summed E-state index contributed by atoms with van der Waals surface area (Å²) < 4.78 is 5.21. The van der Waals surface area contributed by atoms with E-state index in [1.165, 1.54) is 0 Å². The van der Waals surface area contributed by atoms with Crippen LogP contribution in [0.2, 0.25) is 0 Å². The fourth-order valence-corrected chi connectivity index (χ4v) is 1.19. The van der Waals surface area contributed by atoms with Crippen LogP contribution in [0.3, 0.4) is 0 Å². The molecule has 6 nitrogen and oxygen atoms in total. The Morgan fingerprint density at radius 3 is 2.93 bits per heavy atom. The van der Waals surface area contributed by atoms with Crippen molar-refractivity contribution < 1.29 is 19.4 Å². The van der Waals surface area contributed by atoms with Crippen molar-refractivity contribution in [1.29, 1.82) is 0 Å². The first-order valence-electron chi connectivity index (χ1n) is 4.94. The molecule has 3 N–H and O–H groups in total. The second-order valence-electron chi connectivity index (χ2n) is 3.55. The van der Waals surface area contributed by atoms with Crippen molar-refractivity contribution in [3.63, 3.8) is 0 Å². The van der Waals surface area contributed by atoms with Gasteiger partial charge >= 0.3 is 5.97 Å². The SMILES string of the molecule is CC(CNC(=O)C1CNCCO1)C(=O)O. The second-order valence-corrected chi connectivity index (χ2v) is 3.55. The highest BCUT2D eigenvalue weighted by Gasteiger charge is 2.22. The van der Waals surface area contributed by atoms with E-state index in [-0.39, 0.29) is 12.5 Å². The average Bonchev–Trinajstić information content (AvgIpc) is 2.26. The minimum absolute atomic E-state index is 0.133. The molecule has 0 aliphatic carbocycles. The Labute approximate surface area is 88.0 Å². The van der Waals surface area contributed by atoms with E-state index in [1.54, 1.807) is 6.92 Å². The van der Waals surface area contributed by atoms with Gasteiger partial charge in [-0.05, 0) is 0 Å². The molecule has 0 aromatic rings. The maximum Gasteiger partial charge on any atom is 0.308 e. The van der Waals surface area contributed by atoms with Crippen LogP contribution in [-0.4, -0.2) is 49.3 Å². The van der Waals surface area contributed by atoms with Crippen LogP contribution in [0.4, 0.5) is 0 Å². The van der Waals surface area contributed by atoms with Crippen LogP contribution in [-0.2, 0) is 14.3 Å². The molecule has 0 saturated carbocycles. The molecule has 0 aromatic heterocycles. The van der Waals surface area contributed by atoms with Crippen molar-refractivity contribution in [1.82, 2.24) is 10.6 Å². The topological polar surface area (TPSA) is 87.7 Å². The van der Waals surface area contributed by atoms with E-state index >= 15 is 0 Å². The second kappa shape index (κ2) is 5.67. The summed E-state index contributed by atoms with van der Waals surface area (Å²) in [6, 6.07) is 0. The van der Waals surface area contributed by atoms with Crippen molar-refractivity contribution in [2.24, 2.45) is 5.92 Å². The Morgan fingerprint density at radius 2 is 2.40 bits per heavy atom. The minimum Gasteiger partial charge on any atom is -0.481 e. The molecule has 1 rings (SSSR count). The fourth-order valence-electron chi connectivity index (χ4n) is 1.19. The van der Waals surface area contributed by atoms with Gasteiger partial charge in [-0.1, -0.05) is 6.92 Å². The molecular weight excluding hydrogens is 200 g/mol. The van der Waals surface area contributed by atoms with E-state index in [1.807, 2.05) is 0 Å². The van der Waals surface area contributed by atoms with Crippen molar-refractivity contribution in [3.8, 4) is 0 Å². The van der Waals surface area contributed by atoms with Crippen LogP contribution in [0, 0.1) is 5.92 Å². The van der Waals surface area contributed by atoms with Gasteiger partial charge < -0.3 is 20.5 Å². The summed E-state index contributed by atoms with van der Waals surface area (Å²) in [4.78, 5) is 21.9. The van der Waals surface area contributed by atoms with Gasteiger partial charge in [-0.15, -0.1) is 0 Å². The number of morpholine rings is 1. The number of nitrogens with one attached hydrogen (secondary N) is 2. The molecule has 1 amide bonds. The zero-order valence-electron chi connectivity index (χ0n) is 8.66. The van der Waals surface area contributed by atoms with Crippen molar-refractivity contribution in [2.45, 2.75) is 13.0 Å². The standard InChI is InChI=1S/C9H16N2O4/c1-6(9(13)14)4-11-8(12)7-5-10-2-3-15-7/h6-7,10H,2-5H2,1H3,(H,11,12)(H,13,14). The highest BCUT2D eigenvalue weighted by molar-refractivity contribution is 5.81. The summed E-state index contributed by atoms with van der Waals surface area (Å²) in [5.74, 6) is -1.75. The number of carboxylic acid groups (broad SMARTS) is 1. The van der Waals surface area contributed by atoms with Gasteiger partial charge in [0.15, 0.2) is 0 Å². The van der Waals surface area contributed by atoms with E-state index < -0.39 is 18.0 Å². The van der Waals surface area contributed by atoms with E-state index in [0.717, 1.165) is 6.54 Å². The maximum atomic E-state index is 11.5. The highest BCUT2D eigenvalue weighted by atomic mass is 16.5. The third-order valence-corrected chi connectivity index (χ3v) is 2.22. The molecule has 1 heterocycles. The van der Waals surface area contributed by atoms with E-state index in [9.17, 15) is 9.59 Å². The number of ether oxygens (including phenoxy) is 1. The van der Waals surface area contributed by atoms with Gasteiger partial charge in [-0.3, -0.25) is 9.59 Å². The highest BCUT2D eigenvalue weighted by Crippen LogP contribution is 1.97. The lowest BCUT2D eigenvalue weighted by molar-refractivity contribution is -0.141. The van der Waals surface area contributed by atoms with E-state index in [4.69, 9.17) is 9.84 Å². The summed E-state index contributed by atoms with van der Waals surface area (Å²) >= 11 is 0. The number of carboxylic acids is 1. The van der Waals surface area contributed by atoms with Gasteiger partial charge in [0.2, 0.25) is 5.91 Å². The van der Waals surface area contributed by atoms with Crippen LogP contribution >= 0.6 is 0 Å². The van der Waals surface area contributed by atoms with Crippen LogP contribution in [0.1, 0.15) is 6.92 Å². The normalized spacial score (nSPS) is 23.1. The van der Waals surface area contributed by atoms with Crippen LogP contribution in [0.5, 0.6) is 0 Å². The summed E-state index contributed by atoms with van der Waals surface area (Å²) in [5.41, 5.74) is 0. The number of carbonyl (C=O) groups is 2. The zero-order chi connectivity index (χ0) is 11.3. The van der Waals surface area contributed by atoms with Gasteiger partial charge in [0.05, 0.1) is 12.5 Å². The minimum atomic E-state index is -0.919. The Kier molecular flexibility index (Phi) is 4.51. The predicted octanol–water partition coefficient (Wildman–Crippen LogP) is -1.19. The average molecular weight is 216 g/mol. The number of rotatable bonds is 4. The molecule has 86 valence electrons. The van der Waals surface area contributed by atoms with Crippen molar-refractivity contribution >= 4 is 11.9 Å². The molecule has 1 saturated heterocycles. The molecule has 2 unspecified atom stereocenters. The molecular formula is C9H16N2O4. The molecule has 6 heteroatoms. The molecule has 1 fully saturated rings. The van der Waals surface area contributed by atoms with Crippen molar-refractivity contribution in [3.05, 3.63) is 0 Å². The number of carbonyl (C=O) groups excluding carboxylic acids is 1. The molecule has 0 radical (unpaired) electrons. The van der Waals surface area contributed by atoms with Crippen LogP contribution < -0.4 is 10.6 Å². The molecule has 2 atom stereocenters. The van der Waals surface area contributed by atoms with Gasteiger partial charge in [0.25, 0.3) is 0 Å². The summed E-state index contributed by atoms with van der Waals surface area (Å²) in [7, 11) is 0. The Balaban J connectivity index is 2.25. The zero-order valence-corrected chi connectivity index (χ0v) is 8.66. The third kappa shape index (κ3) is 3.85. The first kappa shape index (κ1) is 11.9. The Bertz CT molecular complexity index is 238. The summed E-state index contributed by atoms with van der Waals surface area (Å²) in [6.07, 6.45) is -0.500. The number of aliphatic carboxylic acids is 1. The largest absolute Gasteiger partial charge is 0.481 e. The smallest absolute Gasteiger partial charge is 0.308 e. The van der Waals surface area contributed by atoms with Crippen LogP contribution in [0.15, 0.2) is 0 Å². The van der Waals surface area contributed by atoms with E-state index in [2.05, 4.69) is 10.6 Å². The number of amides is 1. The maximum absolute atomic E-state index is 11.5. The molecule has 0 spiro atoms. The molecule has 1 aliphatic rings. The van der Waals surface area contributed by atoms with Gasteiger partial charge in [-0.2, -0.15) is 0 Å². The third-order valence-electron chi connectivity index (χ3n) is 2.22. The Morgan fingerprint density at radius 1 is 1.67 bits per heavy atom. The van der Waals surface area contributed by atoms with Gasteiger partial charge in [0.1, 0.15) is 6.10 Å². The van der Waals surface area contributed by atoms with Crippen LogP contribution in [0.25, 0.3) is 0 Å². The first-order chi connectivity index (χ1) is 7.11. The lowest BCUT2D eigenvalue weighted by Gasteiger charge is -2.23. The predicted molar refractivity (Wildman–Crippen MR) is 52.4 cm³/mol. The first-order valence-corrected chi connectivity index (χ1v) is 4.94. The van der Waals surface area contributed by atoms with Gasteiger partial charge in [-0.25, -0.2) is 0 Å². The molecule has 0 aromatic carbocycles.